The second kappa shape index (κ2) is 7.13. The van der Waals surface area contributed by atoms with Gasteiger partial charge in [-0.05, 0) is 0 Å². The van der Waals surface area contributed by atoms with Gasteiger partial charge in [-0.15, -0.1) is 11.3 Å². The third kappa shape index (κ3) is 6.12. The predicted molar refractivity (Wildman–Crippen MR) is 60.1 cm³/mol. The maximum absolute atomic E-state index is 11.7. The second-order valence-corrected chi connectivity index (χ2v) is 4.06. The monoisotopic (exact) mass is 265 g/mol. The second-order valence-electron chi connectivity index (χ2n) is 3.17. The number of nitrogens with two attached hydrogens (primary N) is 1. The fraction of sp³-hybridized carbons (Fsp3) is 0.556. The predicted octanol–water partition coefficient (Wildman–Crippen LogP) is 0.666. The lowest BCUT2D eigenvalue weighted by atomic mass is 10.3. The van der Waals surface area contributed by atoms with Crippen LogP contribution in [0, 0.1) is 0 Å². The molecule has 5 nitrogen and oxygen atoms in total. The minimum atomic E-state index is -2.48. The molecule has 3 N–H and O–H groups in total. The number of nitrogens with zero attached hydrogens (tertiary/aromatic N) is 1. The Bertz CT molecular complexity index is 360. The van der Waals surface area contributed by atoms with E-state index in [4.69, 9.17) is 5.73 Å². The third-order valence-corrected chi connectivity index (χ3v) is 2.45. The van der Waals surface area contributed by atoms with Gasteiger partial charge >= 0.3 is 0 Å². The number of ether oxygens (including phenoxy) is 1. The van der Waals surface area contributed by atoms with Crippen LogP contribution in [0.2, 0.25) is 0 Å². The zero-order chi connectivity index (χ0) is 12.7. The Balaban J connectivity index is 2.09. The van der Waals surface area contributed by atoms with Crippen LogP contribution in [-0.2, 0) is 16.0 Å². The summed E-state index contributed by atoms with van der Waals surface area (Å²) in [5, 5.41) is 4.64. The van der Waals surface area contributed by atoms with E-state index in [-0.39, 0.29) is 25.5 Å². The van der Waals surface area contributed by atoms with Crippen LogP contribution in [0.3, 0.4) is 0 Å². The molecule has 1 amide bonds. The van der Waals surface area contributed by atoms with Gasteiger partial charge in [0.25, 0.3) is 6.43 Å². The standard InChI is InChI=1S/C9H13F2N3O2S/c10-7(11)4-16-2-1-13-8(15)3-6-5-17-9(12)14-6/h5,7H,1-4H2,(H2,12,14)(H,13,15). The highest BCUT2D eigenvalue weighted by atomic mass is 32.1. The van der Waals surface area contributed by atoms with Gasteiger partial charge in [0.2, 0.25) is 5.91 Å². The molecule has 1 heterocycles. The molecule has 0 radical (unpaired) electrons. The first kappa shape index (κ1) is 13.8. The smallest absolute Gasteiger partial charge is 0.261 e. The first-order valence-electron chi connectivity index (χ1n) is 4.90. The zero-order valence-electron chi connectivity index (χ0n) is 8.99. The number of thiazole rings is 1. The van der Waals surface area contributed by atoms with Crippen molar-refractivity contribution in [1.82, 2.24) is 10.3 Å². The molecule has 0 saturated carbocycles. The SMILES string of the molecule is Nc1nc(CC(=O)NCCOCC(F)F)cs1. The van der Waals surface area contributed by atoms with Crippen molar-refractivity contribution >= 4 is 22.4 Å². The number of alkyl halides is 2. The molecule has 1 aromatic heterocycles. The number of nitrogen functional groups attached to an aromatic ring is 1. The highest BCUT2D eigenvalue weighted by Crippen LogP contribution is 2.10. The summed E-state index contributed by atoms with van der Waals surface area (Å²) in [6.07, 6.45) is -2.36. The number of aromatic nitrogens is 1. The van der Waals surface area contributed by atoms with Crippen molar-refractivity contribution in [1.29, 1.82) is 0 Å². The maximum atomic E-state index is 11.7. The number of carbonyl (C=O) groups excluding carboxylic acids is 1. The quantitative estimate of drug-likeness (QED) is 0.710. The summed E-state index contributed by atoms with van der Waals surface area (Å²) in [6.45, 7) is -0.348. The molecule has 0 atom stereocenters. The number of nitrogens with one attached hydrogen (secondary N) is 1. The Morgan fingerprint density at radius 3 is 3.00 bits per heavy atom. The lowest BCUT2D eigenvalue weighted by molar-refractivity contribution is -0.120. The summed E-state index contributed by atoms with van der Waals surface area (Å²) in [5.74, 6) is -0.240. The van der Waals surface area contributed by atoms with Gasteiger partial charge < -0.3 is 15.8 Å². The molecular weight excluding hydrogens is 252 g/mol. The van der Waals surface area contributed by atoms with Gasteiger partial charge in [0.1, 0.15) is 6.61 Å². The molecule has 0 saturated heterocycles. The molecule has 0 bridgehead atoms. The molecule has 8 heteroatoms. The Labute approximate surface area is 101 Å². The van der Waals surface area contributed by atoms with Gasteiger partial charge in [-0.2, -0.15) is 0 Å². The maximum Gasteiger partial charge on any atom is 0.261 e. The number of rotatable bonds is 7. The van der Waals surface area contributed by atoms with E-state index in [0.29, 0.717) is 10.8 Å². The van der Waals surface area contributed by atoms with E-state index < -0.39 is 13.0 Å². The number of amides is 1. The summed E-state index contributed by atoms with van der Waals surface area (Å²) in [6, 6.07) is 0. The van der Waals surface area contributed by atoms with Gasteiger partial charge in [-0.1, -0.05) is 0 Å². The largest absolute Gasteiger partial charge is 0.375 e. The van der Waals surface area contributed by atoms with Crippen LogP contribution >= 0.6 is 11.3 Å². The summed E-state index contributed by atoms with van der Waals surface area (Å²) >= 11 is 1.26. The summed E-state index contributed by atoms with van der Waals surface area (Å²) in [4.78, 5) is 15.3. The lowest BCUT2D eigenvalue weighted by Crippen LogP contribution is -2.29. The third-order valence-electron chi connectivity index (χ3n) is 1.72. The number of anilines is 1. The Morgan fingerprint density at radius 1 is 1.65 bits per heavy atom. The molecule has 0 spiro atoms. The topological polar surface area (TPSA) is 77.2 Å². The summed E-state index contributed by atoms with van der Waals surface area (Å²) in [5.41, 5.74) is 6.00. The van der Waals surface area contributed by atoms with Crippen molar-refractivity contribution in [2.24, 2.45) is 0 Å². The van der Waals surface area contributed by atoms with Crippen LogP contribution in [0.4, 0.5) is 13.9 Å². The van der Waals surface area contributed by atoms with E-state index in [0.717, 1.165) is 0 Å². The highest BCUT2D eigenvalue weighted by molar-refractivity contribution is 7.13. The fourth-order valence-electron chi connectivity index (χ4n) is 1.07. The van der Waals surface area contributed by atoms with Crippen molar-refractivity contribution in [2.45, 2.75) is 12.8 Å². The van der Waals surface area contributed by atoms with Crippen LogP contribution < -0.4 is 11.1 Å². The van der Waals surface area contributed by atoms with Gasteiger partial charge in [-0.25, -0.2) is 13.8 Å². The van der Waals surface area contributed by atoms with Crippen molar-refractivity contribution in [3.8, 4) is 0 Å². The van der Waals surface area contributed by atoms with Crippen LogP contribution in [0.15, 0.2) is 5.38 Å². The molecule has 0 fully saturated rings. The molecule has 0 unspecified atom stereocenters. The average molecular weight is 265 g/mol. The van der Waals surface area contributed by atoms with Crippen LogP contribution in [-0.4, -0.2) is 37.1 Å². The van der Waals surface area contributed by atoms with Crippen molar-refractivity contribution in [3.05, 3.63) is 11.1 Å². The minimum absolute atomic E-state index is 0.0648. The van der Waals surface area contributed by atoms with E-state index in [1.165, 1.54) is 11.3 Å². The number of carbonyl (C=O) groups is 1. The van der Waals surface area contributed by atoms with Crippen LogP contribution in [0.25, 0.3) is 0 Å². The molecular formula is C9H13F2N3O2S. The zero-order valence-corrected chi connectivity index (χ0v) is 9.80. The molecule has 1 rings (SSSR count). The first-order chi connectivity index (χ1) is 8.08. The molecule has 96 valence electrons. The number of hydrogen-bond donors (Lipinski definition) is 2. The summed E-state index contributed by atoms with van der Waals surface area (Å²) < 4.78 is 28.0. The van der Waals surface area contributed by atoms with E-state index >= 15 is 0 Å². The van der Waals surface area contributed by atoms with Crippen molar-refractivity contribution < 1.29 is 18.3 Å². The van der Waals surface area contributed by atoms with Crippen molar-refractivity contribution in [2.75, 3.05) is 25.5 Å². The minimum Gasteiger partial charge on any atom is -0.375 e. The molecule has 0 aromatic carbocycles. The molecule has 0 aliphatic carbocycles. The number of halogens is 2. The van der Waals surface area contributed by atoms with Crippen molar-refractivity contribution in [3.63, 3.8) is 0 Å². The van der Waals surface area contributed by atoms with Gasteiger partial charge in [0, 0.05) is 11.9 Å². The lowest BCUT2D eigenvalue weighted by Gasteiger charge is -2.05. The molecule has 17 heavy (non-hydrogen) atoms. The number of hydrogen-bond acceptors (Lipinski definition) is 5. The molecule has 0 aliphatic heterocycles. The van der Waals surface area contributed by atoms with E-state index in [1.807, 2.05) is 0 Å². The highest BCUT2D eigenvalue weighted by Gasteiger charge is 2.06. The summed E-state index contributed by atoms with van der Waals surface area (Å²) in [7, 11) is 0. The molecule has 1 aromatic rings. The fourth-order valence-corrected chi connectivity index (χ4v) is 1.63. The Morgan fingerprint density at radius 2 is 2.41 bits per heavy atom. The van der Waals surface area contributed by atoms with Crippen LogP contribution in [0.1, 0.15) is 5.69 Å². The van der Waals surface area contributed by atoms with Gasteiger partial charge in [0.15, 0.2) is 5.13 Å². The Hall–Kier alpha value is -1.28. The van der Waals surface area contributed by atoms with Gasteiger partial charge in [-0.3, -0.25) is 4.79 Å². The van der Waals surface area contributed by atoms with E-state index in [2.05, 4.69) is 15.0 Å². The van der Waals surface area contributed by atoms with E-state index in [1.54, 1.807) is 5.38 Å². The first-order valence-corrected chi connectivity index (χ1v) is 5.78. The van der Waals surface area contributed by atoms with Gasteiger partial charge in [0.05, 0.1) is 18.7 Å². The van der Waals surface area contributed by atoms with Crippen LogP contribution in [0.5, 0.6) is 0 Å². The Kier molecular flexibility index (Phi) is 5.78. The normalized spacial score (nSPS) is 10.8. The average Bonchev–Trinajstić information content (AvgIpc) is 2.63. The van der Waals surface area contributed by atoms with E-state index in [9.17, 15) is 13.6 Å². The molecule has 0 aliphatic rings.